The lowest BCUT2D eigenvalue weighted by Crippen LogP contribution is -2.60. The van der Waals surface area contributed by atoms with Gasteiger partial charge in [-0.2, -0.15) is 0 Å². The molecule has 0 bridgehead atoms. The van der Waals surface area contributed by atoms with Gasteiger partial charge in [0.1, 0.15) is 6.61 Å². The second kappa shape index (κ2) is 9.25. The Morgan fingerprint density at radius 2 is 1.67 bits per heavy atom. The maximum absolute atomic E-state index is 12.5. The van der Waals surface area contributed by atoms with Crippen LogP contribution in [0, 0.1) is 5.41 Å². The number of likely N-dealkylation sites (tertiary alicyclic amines) is 1. The number of hydrogen-bond acceptors (Lipinski definition) is 4. The smallest absolute Gasteiger partial charge is 0.407 e. The van der Waals surface area contributed by atoms with Crippen molar-refractivity contribution in [1.29, 1.82) is 0 Å². The quantitative estimate of drug-likeness (QED) is 0.633. The van der Waals surface area contributed by atoms with Crippen LogP contribution in [0.2, 0.25) is 0 Å². The Morgan fingerprint density at radius 1 is 1.09 bits per heavy atom. The van der Waals surface area contributed by atoms with Crippen molar-refractivity contribution in [3.63, 3.8) is 0 Å². The molecule has 1 fully saturated rings. The summed E-state index contributed by atoms with van der Waals surface area (Å²) in [5.74, 6) is -0.962. The number of amides is 2. The van der Waals surface area contributed by atoms with Crippen LogP contribution in [0.1, 0.15) is 50.2 Å². The zero-order valence-corrected chi connectivity index (χ0v) is 19.0. The van der Waals surface area contributed by atoms with Crippen molar-refractivity contribution in [2.24, 2.45) is 5.41 Å². The van der Waals surface area contributed by atoms with Crippen molar-refractivity contribution in [2.75, 3.05) is 19.7 Å². The molecule has 0 aromatic heterocycles. The number of carboxylic acids is 1. The van der Waals surface area contributed by atoms with Crippen LogP contribution >= 0.6 is 0 Å². The number of alkyl carbamates (subject to hydrolysis) is 1. The monoisotopic (exact) mass is 450 g/mol. The van der Waals surface area contributed by atoms with E-state index in [1.165, 1.54) is 11.1 Å². The number of carbonyl (C=O) groups excluding carboxylic acids is 2. The van der Waals surface area contributed by atoms with Crippen molar-refractivity contribution in [3.8, 4) is 11.1 Å². The number of hydrogen-bond donors (Lipinski definition) is 2. The number of ether oxygens (including phenoxy) is 1. The fourth-order valence-corrected chi connectivity index (χ4v) is 4.75. The molecule has 0 saturated carbocycles. The van der Waals surface area contributed by atoms with Crippen molar-refractivity contribution < 1.29 is 24.2 Å². The second-order valence-corrected chi connectivity index (χ2v) is 9.23. The van der Waals surface area contributed by atoms with Gasteiger partial charge in [-0.15, -0.1) is 0 Å². The summed E-state index contributed by atoms with van der Waals surface area (Å²) >= 11 is 0. The third kappa shape index (κ3) is 4.58. The Bertz CT molecular complexity index is 1010. The lowest BCUT2D eigenvalue weighted by atomic mass is 9.82. The van der Waals surface area contributed by atoms with Crippen LogP contribution in [0.4, 0.5) is 4.79 Å². The molecule has 1 unspecified atom stereocenters. The fourth-order valence-electron chi connectivity index (χ4n) is 4.75. The summed E-state index contributed by atoms with van der Waals surface area (Å²) in [5, 5.41) is 12.1. The lowest BCUT2D eigenvalue weighted by molar-refractivity contribution is -0.164. The van der Waals surface area contributed by atoms with E-state index >= 15 is 0 Å². The van der Waals surface area contributed by atoms with Crippen LogP contribution in [0.3, 0.4) is 0 Å². The predicted octanol–water partition coefficient (Wildman–Crippen LogP) is 4.02. The average molecular weight is 451 g/mol. The van der Waals surface area contributed by atoms with Gasteiger partial charge in [0, 0.05) is 31.5 Å². The molecule has 0 radical (unpaired) electrons. The van der Waals surface area contributed by atoms with Gasteiger partial charge in [0.05, 0.1) is 5.41 Å². The molecular weight excluding hydrogens is 420 g/mol. The molecule has 2 N–H and O–H groups in total. The highest BCUT2D eigenvalue weighted by Gasteiger charge is 2.47. The van der Waals surface area contributed by atoms with E-state index in [2.05, 4.69) is 29.6 Å². The van der Waals surface area contributed by atoms with Crippen LogP contribution < -0.4 is 5.32 Å². The molecule has 1 atom stereocenters. The third-order valence-corrected chi connectivity index (χ3v) is 6.81. The number of carboxylic acid groups (broad SMARTS) is 1. The van der Waals surface area contributed by atoms with E-state index in [1.807, 2.05) is 31.2 Å². The molecule has 7 heteroatoms. The second-order valence-electron chi connectivity index (χ2n) is 9.23. The van der Waals surface area contributed by atoms with Crippen molar-refractivity contribution in [2.45, 2.75) is 45.1 Å². The van der Waals surface area contributed by atoms with Gasteiger partial charge in [-0.1, -0.05) is 55.5 Å². The van der Waals surface area contributed by atoms with Gasteiger partial charge < -0.3 is 20.1 Å². The van der Waals surface area contributed by atoms with Crippen LogP contribution in [0.15, 0.2) is 48.5 Å². The fraction of sp³-hybridized carbons (Fsp3) is 0.423. The maximum Gasteiger partial charge on any atom is 0.407 e. The molecule has 2 aromatic rings. The molecule has 2 aliphatic rings. The first-order valence-corrected chi connectivity index (χ1v) is 11.4. The zero-order chi connectivity index (χ0) is 23.6. The summed E-state index contributed by atoms with van der Waals surface area (Å²) in [4.78, 5) is 37.6. The van der Waals surface area contributed by atoms with E-state index in [-0.39, 0.29) is 44.0 Å². The largest absolute Gasteiger partial charge is 0.481 e. The summed E-state index contributed by atoms with van der Waals surface area (Å²) < 4.78 is 5.60. The molecule has 33 heavy (non-hydrogen) atoms. The van der Waals surface area contributed by atoms with Gasteiger partial charge in [-0.3, -0.25) is 9.59 Å². The molecule has 1 saturated heterocycles. The molecular formula is C26H30N2O5. The highest BCUT2D eigenvalue weighted by Crippen LogP contribution is 2.44. The Balaban J connectivity index is 1.27. The van der Waals surface area contributed by atoms with E-state index in [9.17, 15) is 19.5 Å². The molecule has 1 aliphatic heterocycles. The SMILES string of the molecule is CCC(CCC(=O)N1CC(C)(C(=O)O)C1)NC(=O)OCC1c2ccccc2-c2ccccc21. The van der Waals surface area contributed by atoms with E-state index in [4.69, 9.17) is 4.74 Å². The molecule has 1 aliphatic carbocycles. The molecule has 2 aromatic carbocycles. The number of carbonyl (C=O) groups is 3. The number of nitrogens with zero attached hydrogens (tertiary/aromatic N) is 1. The highest BCUT2D eigenvalue weighted by atomic mass is 16.5. The van der Waals surface area contributed by atoms with E-state index < -0.39 is 17.5 Å². The van der Waals surface area contributed by atoms with Gasteiger partial charge >= 0.3 is 12.1 Å². The zero-order valence-electron chi connectivity index (χ0n) is 19.0. The van der Waals surface area contributed by atoms with Crippen LogP contribution in [0.25, 0.3) is 11.1 Å². The minimum Gasteiger partial charge on any atom is -0.481 e. The normalized spacial score (nSPS) is 16.8. The average Bonchev–Trinajstić information content (AvgIpc) is 3.11. The predicted molar refractivity (Wildman–Crippen MR) is 124 cm³/mol. The first-order chi connectivity index (χ1) is 15.8. The van der Waals surface area contributed by atoms with E-state index in [0.29, 0.717) is 12.8 Å². The van der Waals surface area contributed by atoms with Crippen molar-refractivity contribution in [3.05, 3.63) is 59.7 Å². The molecule has 7 nitrogen and oxygen atoms in total. The van der Waals surface area contributed by atoms with Gasteiger partial charge in [-0.25, -0.2) is 4.79 Å². The van der Waals surface area contributed by atoms with E-state index in [0.717, 1.165) is 11.1 Å². The summed E-state index contributed by atoms with van der Waals surface area (Å²) in [6, 6.07) is 16.2. The Morgan fingerprint density at radius 3 is 2.21 bits per heavy atom. The number of rotatable bonds is 8. The highest BCUT2D eigenvalue weighted by molar-refractivity contribution is 5.83. The third-order valence-electron chi connectivity index (χ3n) is 6.81. The van der Waals surface area contributed by atoms with Crippen molar-refractivity contribution >= 4 is 18.0 Å². The minimum atomic E-state index is -0.880. The minimum absolute atomic E-state index is 0.000216. The van der Waals surface area contributed by atoms with Gasteiger partial charge in [-0.05, 0) is 42.0 Å². The first-order valence-electron chi connectivity index (χ1n) is 11.4. The summed E-state index contributed by atoms with van der Waals surface area (Å²) in [6.07, 6.45) is 0.931. The van der Waals surface area contributed by atoms with Crippen LogP contribution in [-0.2, 0) is 14.3 Å². The molecule has 174 valence electrons. The topological polar surface area (TPSA) is 95.9 Å². The summed E-state index contributed by atoms with van der Waals surface area (Å²) in [6.45, 7) is 4.31. The number of nitrogens with one attached hydrogen (secondary N) is 1. The molecule has 1 heterocycles. The Kier molecular flexibility index (Phi) is 6.40. The Labute approximate surface area is 193 Å². The van der Waals surface area contributed by atoms with Crippen molar-refractivity contribution in [1.82, 2.24) is 10.2 Å². The molecule has 4 rings (SSSR count). The molecule has 0 spiro atoms. The van der Waals surface area contributed by atoms with Gasteiger partial charge in [0.25, 0.3) is 0 Å². The van der Waals surface area contributed by atoms with Gasteiger partial charge in [0.15, 0.2) is 0 Å². The van der Waals surface area contributed by atoms with Crippen LogP contribution in [0.5, 0.6) is 0 Å². The summed E-state index contributed by atoms with van der Waals surface area (Å²) in [5.41, 5.74) is 3.83. The van der Waals surface area contributed by atoms with Gasteiger partial charge in [0.2, 0.25) is 5.91 Å². The molecule has 2 amide bonds. The Hall–Kier alpha value is -3.35. The lowest BCUT2D eigenvalue weighted by Gasteiger charge is -2.45. The number of benzene rings is 2. The first kappa shape index (κ1) is 22.8. The summed E-state index contributed by atoms with van der Waals surface area (Å²) in [7, 11) is 0. The maximum atomic E-state index is 12.5. The standard InChI is InChI=1S/C26H30N2O5/c1-3-17(12-13-23(29)28-15-26(2,16-28)24(30)31)27-25(32)33-14-22-20-10-6-4-8-18(20)19-9-5-7-11-21(19)22/h4-11,17,22H,3,12-16H2,1-2H3,(H,27,32)(H,30,31). The number of fused-ring (bicyclic) bond motifs is 3. The van der Waals surface area contributed by atoms with Crippen LogP contribution in [-0.4, -0.2) is 53.7 Å². The number of aliphatic carboxylic acids is 1. The van der Waals surface area contributed by atoms with E-state index in [1.54, 1.807) is 11.8 Å².